The first kappa shape index (κ1) is 18.7. The summed E-state index contributed by atoms with van der Waals surface area (Å²) in [5.41, 5.74) is -0.406. The molecule has 11 heteroatoms. The summed E-state index contributed by atoms with van der Waals surface area (Å²) < 4.78 is 32.4. The maximum atomic E-state index is 12.9. The SMILES string of the molecule is O=[N+]([O-])c1ccccc1S(=O)(=O)N1CCC(c2nnc(-c3ccco3)s2)CC1. The van der Waals surface area contributed by atoms with Crippen LogP contribution in [0.4, 0.5) is 5.69 Å². The van der Waals surface area contributed by atoms with E-state index in [4.69, 9.17) is 4.42 Å². The van der Waals surface area contributed by atoms with Crippen LogP contribution in [0.1, 0.15) is 23.8 Å². The van der Waals surface area contributed by atoms with Crippen molar-refractivity contribution in [3.05, 3.63) is 57.8 Å². The van der Waals surface area contributed by atoms with Gasteiger partial charge in [-0.3, -0.25) is 10.1 Å². The fourth-order valence-electron chi connectivity index (χ4n) is 3.21. The van der Waals surface area contributed by atoms with E-state index in [-0.39, 0.29) is 23.9 Å². The topological polar surface area (TPSA) is 119 Å². The Morgan fingerprint density at radius 3 is 2.57 bits per heavy atom. The number of para-hydroxylation sites is 1. The zero-order valence-electron chi connectivity index (χ0n) is 14.6. The van der Waals surface area contributed by atoms with Gasteiger partial charge in [-0.05, 0) is 31.0 Å². The van der Waals surface area contributed by atoms with Crippen molar-refractivity contribution in [2.24, 2.45) is 0 Å². The van der Waals surface area contributed by atoms with E-state index in [9.17, 15) is 18.5 Å². The van der Waals surface area contributed by atoms with Gasteiger partial charge >= 0.3 is 0 Å². The van der Waals surface area contributed by atoms with E-state index in [0.717, 1.165) is 5.01 Å². The molecule has 0 aliphatic carbocycles. The molecule has 3 heterocycles. The lowest BCUT2D eigenvalue weighted by Gasteiger charge is -2.29. The van der Waals surface area contributed by atoms with Gasteiger partial charge in [-0.15, -0.1) is 10.2 Å². The Morgan fingerprint density at radius 2 is 1.89 bits per heavy atom. The number of hydrogen-bond donors (Lipinski definition) is 0. The van der Waals surface area contributed by atoms with E-state index in [1.165, 1.54) is 39.9 Å². The molecule has 0 spiro atoms. The fourth-order valence-corrected chi connectivity index (χ4v) is 5.82. The number of rotatable bonds is 5. The molecule has 0 N–H and O–H groups in total. The first-order valence-electron chi connectivity index (χ1n) is 8.57. The largest absolute Gasteiger partial charge is 0.462 e. The average Bonchev–Trinajstić information content (AvgIpc) is 3.40. The Kier molecular flexibility index (Phi) is 4.96. The van der Waals surface area contributed by atoms with Gasteiger partial charge in [0.05, 0.1) is 11.2 Å². The molecule has 1 fully saturated rings. The molecule has 0 radical (unpaired) electrons. The van der Waals surface area contributed by atoms with E-state index in [0.29, 0.717) is 23.6 Å². The minimum Gasteiger partial charge on any atom is -0.462 e. The number of piperidine rings is 1. The molecule has 0 atom stereocenters. The third kappa shape index (κ3) is 3.43. The van der Waals surface area contributed by atoms with Gasteiger partial charge in [-0.2, -0.15) is 4.31 Å². The van der Waals surface area contributed by atoms with Crippen LogP contribution >= 0.6 is 11.3 Å². The van der Waals surface area contributed by atoms with Crippen LogP contribution in [0, 0.1) is 10.1 Å². The van der Waals surface area contributed by atoms with Crippen molar-refractivity contribution >= 4 is 27.0 Å². The predicted octanol–water partition coefficient (Wildman–Crippen LogP) is 3.27. The van der Waals surface area contributed by atoms with E-state index < -0.39 is 20.6 Å². The van der Waals surface area contributed by atoms with E-state index >= 15 is 0 Å². The maximum Gasteiger partial charge on any atom is 0.289 e. The lowest BCUT2D eigenvalue weighted by atomic mass is 9.99. The number of hydrogen-bond acceptors (Lipinski definition) is 8. The molecule has 0 saturated carbocycles. The van der Waals surface area contributed by atoms with Crippen LogP contribution < -0.4 is 0 Å². The normalized spacial score (nSPS) is 16.3. The van der Waals surface area contributed by atoms with E-state index in [2.05, 4.69) is 10.2 Å². The van der Waals surface area contributed by atoms with Gasteiger partial charge in [-0.1, -0.05) is 23.5 Å². The van der Waals surface area contributed by atoms with Crippen LogP contribution in [0.3, 0.4) is 0 Å². The van der Waals surface area contributed by atoms with Crippen LogP contribution in [-0.2, 0) is 10.0 Å². The summed E-state index contributed by atoms with van der Waals surface area (Å²) in [5, 5.41) is 21.1. The molecule has 2 aromatic heterocycles. The third-order valence-corrected chi connectivity index (χ3v) is 7.70. The number of nitro groups is 1. The number of benzene rings is 1. The second-order valence-corrected chi connectivity index (χ2v) is 9.24. The van der Waals surface area contributed by atoms with Crippen molar-refractivity contribution in [3.8, 4) is 10.8 Å². The molecule has 1 aliphatic rings. The average molecular weight is 420 g/mol. The highest BCUT2D eigenvalue weighted by Crippen LogP contribution is 2.36. The van der Waals surface area contributed by atoms with Crippen LogP contribution in [0.2, 0.25) is 0 Å². The number of aromatic nitrogens is 2. The Balaban J connectivity index is 1.49. The molecule has 0 amide bonds. The standard InChI is InChI=1S/C17H16N4O5S2/c22-21(23)13-4-1-2-6-15(13)28(24,25)20-9-7-12(8-10-20)16-18-19-17(27-16)14-5-3-11-26-14/h1-6,11-12H,7-10H2. The molecular formula is C17H16N4O5S2. The van der Waals surface area contributed by atoms with Crippen molar-refractivity contribution in [3.63, 3.8) is 0 Å². The minimum absolute atomic E-state index is 0.0958. The van der Waals surface area contributed by atoms with Crippen molar-refractivity contribution < 1.29 is 17.8 Å². The minimum atomic E-state index is -3.93. The van der Waals surface area contributed by atoms with Crippen LogP contribution in [0.15, 0.2) is 52.0 Å². The molecule has 1 saturated heterocycles. The van der Waals surface area contributed by atoms with Gasteiger partial charge in [0.2, 0.25) is 10.0 Å². The quantitative estimate of drug-likeness (QED) is 0.459. The van der Waals surface area contributed by atoms with Gasteiger partial charge in [0, 0.05) is 25.1 Å². The highest BCUT2D eigenvalue weighted by Gasteiger charge is 2.35. The second kappa shape index (κ2) is 7.41. The van der Waals surface area contributed by atoms with Gasteiger partial charge in [0.25, 0.3) is 5.69 Å². The Labute approximate surface area is 164 Å². The van der Waals surface area contributed by atoms with Crippen molar-refractivity contribution in [2.45, 2.75) is 23.7 Å². The van der Waals surface area contributed by atoms with Crippen LogP contribution in [0.5, 0.6) is 0 Å². The molecule has 28 heavy (non-hydrogen) atoms. The molecule has 1 aromatic carbocycles. The summed E-state index contributed by atoms with van der Waals surface area (Å²) >= 11 is 1.44. The van der Waals surface area contributed by atoms with Gasteiger partial charge in [0.15, 0.2) is 15.7 Å². The molecule has 1 aliphatic heterocycles. The maximum absolute atomic E-state index is 12.9. The van der Waals surface area contributed by atoms with Crippen molar-refractivity contribution in [1.29, 1.82) is 0 Å². The lowest BCUT2D eigenvalue weighted by molar-refractivity contribution is -0.387. The molecule has 0 unspecified atom stereocenters. The lowest BCUT2D eigenvalue weighted by Crippen LogP contribution is -2.38. The number of nitrogens with zero attached hydrogens (tertiary/aromatic N) is 4. The highest BCUT2D eigenvalue weighted by molar-refractivity contribution is 7.89. The molecule has 3 aromatic rings. The van der Waals surface area contributed by atoms with E-state index in [1.807, 2.05) is 6.07 Å². The highest BCUT2D eigenvalue weighted by atomic mass is 32.2. The van der Waals surface area contributed by atoms with E-state index in [1.54, 1.807) is 12.3 Å². The van der Waals surface area contributed by atoms with Crippen molar-refractivity contribution in [2.75, 3.05) is 13.1 Å². The van der Waals surface area contributed by atoms with Gasteiger partial charge in [0.1, 0.15) is 5.01 Å². The monoisotopic (exact) mass is 420 g/mol. The van der Waals surface area contributed by atoms with Crippen molar-refractivity contribution in [1.82, 2.24) is 14.5 Å². The van der Waals surface area contributed by atoms with Gasteiger partial charge < -0.3 is 4.42 Å². The summed E-state index contributed by atoms with van der Waals surface area (Å²) in [4.78, 5) is 10.3. The summed E-state index contributed by atoms with van der Waals surface area (Å²) in [6, 6.07) is 9.02. The Morgan fingerprint density at radius 1 is 1.14 bits per heavy atom. The second-order valence-electron chi connectivity index (χ2n) is 6.33. The summed E-state index contributed by atoms with van der Waals surface area (Å²) in [5.74, 6) is 0.749. The first-order valence-corrected chi connectivity index (χ1v) is 10.8. The zero-order valence-corrected chi connectivity index (χ0v) is 16.2. The predicted molar refractivity (Wildman–Crippen MR) is 101 cm³/mol. The zero-order chi connectivity index (χ0) is 19.7. The summed E-state index contributed by atoms with van der Waals surface area (Å²) in [6.45, 7) is 0.545. The summed E-state index contributed by atoms with van der Waals surface area (Å²) in [7, 11) is -3.93. The van der Waals surface area contributed by atoms with Crippen LogP contribution in [0.25, 0.3) is 10.8 Å². The Bertz CT molecular complexity index is 1090. The first-order chi connectivity index (χ1) is 13.5. The molecular weight excluding hydrogens is 404 g/mol. The fraction of sp³-hybridized carbons (Fsp3) is 0.294. The summed E-state index contributed by atoms with van der Waals surface area (Å²) in [6.07, 6.45) is 2.72. The third-order valence-electron chi connectivity index (χ3n) is 4.66. The number of nitro benzene ring substituents is 1. The molecule has 0 bridgehead atoms. The smallest absolute Gasteiger partial charge is 0.289 e. The molecule has 9 nitrogen and oxygen atoms in total. The number of sulfonamides is 1. The molecule has 146 valence electrons. The number of furan rings is 1. The molecule has 4 rings (SSSR count). The van der Waals surface area contributed by atoms with Gasteiger partial charge in [-0.25, -0.2) is 8.42 Å². The Hall–Kier alpha value is -2.63. The van der Waals surface area contributed by atoms with Crippen LogP contribution in [-0.4, -0.2) is 40.9 Å².